The van der Waals surface area contributed by atoms with Crippen molar-refractivity contribution in [3.8, 4) is 0 Å². The van der Waals surface area contributed by atoms with E-state index in [-0.39, 0.29) is 19.0 Å². The average molecular weight is 339 g/mol. The van der Waals surface area contributed by atoms with Crippen molar-refractivity contribution in [2.75, 3.05) is 0 Å². The van der Waals surface area contributed by atoms with Gasteiger partial charge in [0.25, 0.3) is 0 Å². The smallest absolute Gasteiger partial charge is 0.0235 e. The molecule has 0 heterocycles. The molecule has 1 aliphatic rings. The molecule has 1 rings (SSSR count). The van der Waals surface area contributed by atoms with Gasteiger partial charge in [-0.3, -0.25) is 0 Å². The van der Waals surface area contributed by atoms with Crippen LogP contribution in [0.1, 0.15) is 90.9 Å². The number of rotatable bonds is 14. The molecule has 2 atom stereocenters. The standard InChI is InChI=1S/C20H42Si2/c1-3-5-7-9-11-17-21-19-13-15-20(16-14-19)22-18-12-10-8-6-4-2/h13,16,19-20H,3-12,14-15,17-18,21-22H2,1-2H3. The zero-order valence-corrected chi connectivity index (χ0v) is 18.5. The van der Waals surface area contributed by atoms with Gasteiger partial charge in [-0.1, -0.05) is 90.1 Å². The summed E-state index contributed by atoms with van der Waals surface area (Å²) in [5, 5.41) is 0. The van der Waals surface area contributed by atoms with Gasteiger partial charge in [0.2, 0.25) is 0 Å². The molecule has 0 saturated heterocycles. The molecular weight excluding hydrogens is 296 g/mol. The molecule has 0 aromatic rings. The van der Waals surface area contributed by atoms with E-state index in [0.717, 1.165) is 11.1 Å². The minimum atomic E-state index is 0.204. The lowest BCUT2D eigenvalue weighted by Crippen LogP contribution is -2.16. The molecule has 0 bridgehead atoms. The molecule has 22 heavy (non-hydrogen) atoms. The Morgan fingerprint density at radius 2 is 1.05 bits per heavy atom. The van der Waals surface area contributed by atoms with Gasteiger partial charge in [-0.15, -0.1) is 0 Å². The molecule has 0 aromatic carbocycles. The van der Waals surface area contributed by atoms with E-state index in [0.29, 0.717) is 0 Å². The van der Waals surface area contributed by atoms with Gasteiger partial charge in [0.15, 0.2) is 0 Å². The molecule has 0 amide bonds. The average Bonchev–Trinajstić information content (AvgIpc) is 2.55. The fraction of sp³-hybridized carbons (Fsp3) is 0.900. The topological polar surface area (TPSA) is 0 Å². The van der Waals surface area contributed by atoms with Crippen molar-refractivity contribution in [1.29, 1.82) is 0 Å². The van der Waals surface area contributed by atoms with E-state index in [2.05, 4.69) is 26.7 Å². The predicted molar refractivity (Wildman–Crippen MR) is 110 cm³/mol. The van der Waals surface area contributed by atoms with Gasteiger partial charge in [0.05, 0.1) is 0 Å². The molecule has 0 aliphatic heterocycles. The van der Waals surface area contributed by atoms with Gasteiger partial charge >= 0.3 is 0 Å². The predicted octanol–water partition coefficient (Wildman–Crippen LogP) is 5.88. The monoisotopic (exact) mass is 338 g/mol. The van der Waals surface area contributed by atoms with Crippen molar-refractivity contribution in [3.05, 3.63) is 12.8 Å². The molecule has 2 heteroatoms. The highest BCUT2D eigenvalue weighted by atomic mass is 28.2. The summed E-state index contributed by atoms with van der Waals surface area (Å²) in [7, 11) is 0.408. The van der Waals surface area contributed by atoms with Crippen LogP contribution in [0.5, 0.6) is 0 Å². The number of hydrogen-bond acceptors (Lipinski definition) is 0. The van der Waals surface area contributed by atoms with Gasteiger partial charge in [-0.25, -0.2) is 0 Å². The third kappa shape index (κ3) is 11.0. The molecule has 2 unspecified atom stereocenters. The van der Waals surface area contributed by atoms with Gasteiger partial charge < -0.3 is 0 Å². The van der Waals surface area contributed by atoms with Crippen LogP contribution >= 0.6 is 0 Å². The second-order valence-corrected chi connectivity index (χ2v) is 12.2. The fourth-order valence-corrected chi connectivity index (χ4v) is 7.82. The summed E-state index contributed by atoms with van der Waals surface area (Å²) in [5.41, 5.74) is 2.14. The summed E-state index contributed by atoms with van der Waals surface area (Å²) in [6.45, 7) is 4.62. The van der Waals surface area contributed by atoms with E-state index < -0.39 is 0 Å². The first kappa shape index (κ1) is 20.5. The van der Waals surface area contributed by atoms with Crippen molar-refractivity contribution in [2.45, 2.75) is 114 Å². The first-order chi connectivity index (χ1) is 10.9. The lowest BCUT2D eigenvalue weighted by atomic mass is 9.99. The van der Waals surface area contributed by atoms with Gasteiger partial charge in [-0.05, 0) is 36.8 Å². The van der Waals surface area contributed by atoms with Gasteiger partial charge in [0, 0.05) is 19.0 Å². The fourth-order valence-electron chi connectivity index (χ4n) is 3.77. The van der Waals surface area contributed by atoms with Crippen LogP contribution in [-0.2, 0) is 0 Å². The van der Waals surface area contributed by atoms with Crippen LogP contribution in [0.3, 0.4) is 0 Å². The summed E-state index contributed by atoms with van der Waals surface area (Å²) in [6, 6.07) is 3.22. The highest BCUT2D eigenvalue weighted by molar-refractivity contribution is 6.40. The first-order valence-corrected chi connectivity index (χ1v) is 14.2. The van der Waals surface area contributed by atoms with Crippen molar-refractivity contribution in [2.24, 2.45) is 0 Å². The Morgan fingerprint density at radius 1 is 0.636 bits per heavy atom. The minimum Gasteiger partial charge on any atom is -0.0654 e. The SMILES string of the molecule is CCCCCCC[SiH2]C1[CH]CC([SiH2]CCCCCCC)[CH]C1. The van der Waals surface area contributed by atoms with E-state index >= 15 is 0 Å². The molecule has 0 aromatic heterocycles. The summed E-state index contributed by atoms with van der Waals surface area (Å²) in [5.74, 6) is 0. The Labute approximate surface area is 146 Å². The summed E-state index contributed by atoms with van der Waals surface area (Å²) in [6.07, 6.45) is 23.2. The third-order valence-electron chi connectivity index (χ3n) is 5.40. The number of unbranched alkanes of at least 4 members (excludes halogenated alkanes) is 8. The Bertz CT molecular complexity index is 198. The van der Waals surface area contributed by atoms with Gasteiger partial charge in [0.1, 0.15) is 0 Å². The molecule has 0 nitrogen and oxygen atoms in total. The van der Waals surface area contributed by atoms with Crippen LogP contribution in [0.4, 0.5) is 0 Å². The molecule has 2 radical (unpaired) electrons. The summed E-state index contributed by atoms with van der Waals surface area (Å²) < 4.78 is 0. The second-order valence-electron chi connectivity index (χ2n) is 7.58. The maximum absolute atomic E-state index is 2.76. The van der Waals surface area contributed by atoms with E-state index in [1.165, 1.54) is 77.0 Å². The Morgan fingerprint density at radius 3 is 1.41 bits per heavy atom. The largest absolute Gasteiger partial charge is 0.0654 e. The summed E-state index contributed by atoms with van der Waals surface area (Å²) in [4.78, 5) is 0. The highest BCUT2D eigenvalue weighted by Gasteiger charge is 2.21. The third-order valence-corrected chi connectivity index (χ3v) is 10.0. The van der Waals surface area contributed by atoms with Crippen LogP contribution in [0.15, 0.2) is 0 Å². The first-order valence-electron chi connectivity index (χ1n) is 10.5. The minimum absolute atomic E-state index is 0.204. The van der Waals surface area contributed by atoms with Crippen LogP contribution in [0.2, 0.25) is 23.2 Å². The Balaban J connectivity index is 1.88. The Hall–Kier alpha value is 0.434. The van der Waals surface area contributed by atoms with Crippen molar-refractivity contribution >= 4 is 19.0 Å². The molecular formula is C20H42Si2. The zero-order chi connectivity index (χ0) is 15.9. The number of hydrogen-bond donors (Lipinski definition) is 0. The second kappa shape index (κ2) is 15.0. The zero-order valence-electron chi connectivity index (χ0n) is 15.6. The lowest BCUT2D eigenvalue weighted by Gasteiger charge is -2.27. The van der Waals surface area contributed by atoms with E-state index in [4.69, 9.17) is 0 Å². The van der Waals surface area contributed by atoms with Gasteiger partial charge in [-0.2, -0.15) is 0 Å². The normalized spacial score (nSPS) is 23.2. The quantitative estimate of drug-likeness (QED) is 0.274. The van der Waals surface area contributed by atoms with Crippen molar-refractivity contribution < 1.29 is 0 Å². The van der Waals surface area contributed by atoms with Crippen LogP contribution < -0.4 is 0 Å². The van der Waals surface area contributed by atoms with Crippen LogP contribution in [0.25, 0.3) is 0 Å². The molecule has 1 fully saturated rings. The molecule has 130 valence electrons. The maximum atomic E-state index is 2.76. The van der Waals surface area contributed by atoms with E-state index in [9.17, 15) is 0 Å². The van der Waals surface area contributed by atoms with Crippen molar-refractivity contribution in [1.82, 2.24) is 0 Å². The van der Waals surface area contributed by atoms with Crippen LogP contribution in [0, 0.1) is 12.8 Å². The molecule has 0 N–H and O–H groups in total. The van der Waals surface area contributed by atoms with E-state index in [1.807, 2.05) is 0 Å². The summed E-state index contributed by atoms with van der Waals surface area (Å²) >= 11 is 0. The molecule has 0 spiro atoms. The Kier molecular flexibility index (Phi) is 14.0. The molecule has 1 aliphatic carbocycles. The lowest BCUT2D eigenvalue weighted by molar-refractivity contribution is 0.646. The molecule has 1 saturated carbocycles. The highest BCUT2D eigenvalue weighted by Crippen LogP contribution is 2.35. The van der Waals surface area contributed by atoms with Crippen molar-refractivity contribution in [3.63, 3.8) is 0 Å². The van der Waals surface area contributed by atoms with E-state index in [1.54, 1.807) is 12.1 Å². The maximum Gasteiger partial charge on any atom is 0.0235 e. The van der Waals surface area contributed by atoms with Crippen LogP contribution in [-0.4, -0.2) is 19.0 Å².